The summed E-state index contributed by atoms with van der Waals surface area (Å²) in [7, 11) is 3.43. The molecule has 1 aromatic carbocycles. The summed E-state index contributed by atoms with van der Waals surface area (Å²) in [5, 5.41) is 3.41. The molecule has 0 aliphatic rings. The van der Waals surface area contributed by atoms with E-state index in [4.69, 9.17) is 9.47 Å². The van der Waals surface area contributed by atoms with E-state index in [0.29, 0.717) is 5.92 Å². The van der Waals surface area contributed by atoms with Crippen LogP contribution in [0.5, 0.6) is 0 Å². The van der Waals surface area contributed by atoms with Crippen LogP contribution in [0.4, 0.5) is 4.39 Å². The molecule has 0 fully saturated rings. The van der Waals surface area contributed by atoms with E-state index in [1.54, 1.807) is 14.2 Å². The van der Waals surface area contributed by atoms with E-state index in [1.165, 1.54) is 17.7 Å². The number of methoxy groups -OCH3 is 2. The molecule has 0 aromatic heterocycles. The zero-order valence-corrected chi connectivity index (χ0v) is 12.5. The average Bonchev–Trinajstić information content (AvgIpc) is 2.46. The van der Waals surface area contributed by atoms with Gasteiger partial charge in [0.1, 0.15) is 5.82 Å². The van der Waals surface area contributed by atoms with Gasteiger partial charge in [0, 0.05) is 27.4 Å². The second-order valence-corrected chi connectivity index (χ2v) is 5.03. The molecule has 0 saturated heterocycles. The van der Waals surface area contributed by atoms with E-state index in [9.17, 15) is 4.39 Å². The Balaban J connectivity index is 2.41. The molecule has 0 radical (unpaired) electrons. The van der Waals surface area contributed by atoms with Gasteiger partial charge in [-0.3, -0.25) is 0 Å². The van der Waals surface area contributed by atoms with Crippen molar-refractivity contribution in [3.05, 3.63) is 35.6 Å². The molecule has 1 atom stereocenters. The highest BCUT2D eigenvalue weighted by Gasteiger charge is 2.09. The highest BCUT2D eigenvalue weighted by atomic mass is 19.1. The van der Waals surface area contributed by atoms with Gasteiger partial charge < -0.3 is 14.8 Å². The van der Waals surface area contributed by atoms with Crippen molar-refractivity contribution in [2.24, 2.45) is 5.92 Å². The van der Waals surface area contributed by atoms with Gasteiger partial charge >= 0.3 is 0 Å². The normalized spacial score (nSPS) is 12.6. The van der Waals surface area contributed by atoms with Crippen LogP contribution in [0.3, 0.4) is 0 Å². The maximum absolute atomic E-state index is 12.9. The lowest BCUT2D eigenvalue weighted by Crippen LogP contribution is -2.27. The van der Waals surface area contributed by atoms with Gasteiger partial charge in [-0.25, -0.2) is 4.39 Å². The van der Waals surface area contributed by atoms with Gasteiger partial charge in [-0.1, -0.05) is 12.1 Å². The first kappa shape index (κ1) is 17.1. The zero-order valence-electron chi connectivity index (χ0n) is 12.5. The number of nitrogens with one attached hydrogen (secondary N) is 1. The topological polar surface area (TPSA) is 30.5 Å². The lowest BCUT2D eigenvalue weighted by atomic mass is 9.94. The maximum atomic E-state index is 12.9. The first-order valence-electron chi connectivity index (χ1n) is 7.19. The van der Waals surface area contributed by atoms with Crippen molar-refractivity contribution in [2.75, 3.05) is 40.5 Å². The Bertz CT molecular complexity index is 343. The average molecular weight is 283 g/mol. The third kappa shape index (κ3) is 7.58. The van der Waals surface area contributed by atoms with Crippen LogP contribution in [0.15, 0.2) is 24.3 Å². The Morgan fingerprint density at radius 2 is 1.80 bits per heavy atom. The number of halogens is 1. The molecule has 1 aromatic rings. The van der Waals surface area contributed by atoms with E-state index in [1.807, 2.05) is 12.1 Å². The fourth-order valence-corrected chi connectivity index (χ4v) is 2.23. The minimum Gasteiger partial charge on any atom is -0.385 e. The second-order valence-electron chi connectivity index (χ2n) is 5.03. The molecule has 0 amide bonds. The van der Waals surface area contributed by atoms with Gasteiger partial charge in [0.05, 0.1) is 6.61 Å². The van der Waals surface area contributed by atoms with Crippen molar-refractivity contribution >= 4 is 0 Å². The van der Waals surface area contributed by atoms with Crippen LogP contribution in [0.1, 0.15) is 18.4 Å². The van der Waals surface area contributed by atoms with Crippen molar-refractivity contribution in [3.63, 3.8) is 0 Å². The standard InChI is InChI=1S/C16H26FNO2/c1-19-10-3-4-15(13-18-9-11-20-2)12-14-5-7-16(17)8-6-14/h5-8,15,18H,3-4,9-13H2,1-2H3. The fraction of sp³-hybridized carbons (Fsp3) is 0.625. The highest BCUT2D eigenvalue weighted by Crippen LogP contribution is 2.14. The van der Waals surface area contributed by atoms with Crippen LogP contribution in [0.2, 0.25) is 0 Å². The second kappa shape index (κ2) is 10.8. The monoisotopic (exact) mass is 283 g/mol. The SMILES string of the molecule is COCCCC(CNCCOC)Cc1ccc(F)cc1. The molecule has 0 spiro atoms. The van der Waals surface area contributed by atoms with Crippen LogP contribution < -0.4 is 5.32 Å². The molecule has 114 valence electrons. The predicted octanol–water partition coefficient (Wildman–Crippen LogP) is 2.65. The molecular formula is C16H26FNO2. The smallest absolute Gasteiger partial charge is 0.123 e. The summed E-state index contributed by atoms with van der Waals surface area (Å²) < 4.78 is 23.1. The van der Waals surface area contributed by atoms with Gasteiger partial charge in [-0.2, -0.15) is 0 Å². The minimum absolute atomic E-state index is 0.178. The molecule has 3 nitrogen and oxygen atoms in total. The molecule has 0 aliphatic heterocycles. The Hall–Kier alpha value is -0.970. The quantitative estimate of drug-likeness (QED) is 0.633. The fourth-order valence-electron chi connectivity index (χ4n) is 2.23. The van der Waals surface area contributed by atoms with Gasteiger partial charge in [-0.15, -0.1) is 0 Å². The Kier molecular flexibility index (Phi) is 9.20. The summed E-state index contributed by atoms with van der Waals surface area (Å²) in [6, 6.07) is 6.79. The summed E-state index contributed by atoms with van der Waals surface area (Å²) in [6.07, 6.45) is 3.11. The zero-order chi connectivity index (χ0) is 14.6. The van der Waals surface area contributed by atoms with Gasteiger partial charge in [0.15, 0.2) is 0 Å². The number of hydrogen-bond acceptors (Lipinski definition) is 3. The van der Waals surface area contributed by atoms with E-state index in [0.717, 1.165) is 45.6 Å². The van der Waals surface area contributed by atoms with Gasteiger partial charge in [0.2, 0.25) is 0 Å². The Morgan fingerprint density at radius 1 is 1.10 bits per heavy atom. The Labute approximate surface area is 121 Å². The van der Waals surface area contributed by atoms with Crippen LogP contribution in [-0.2, 0) is 15.9 Å². The van der Waals surface area contributed by atoms with Crippen molar-refractivity contribution in [3.8, 4) is 0 Å². The first-order valence-corrected chi connectivity index (χ1v) is 7.19. The number of benzene rings is 1. The first-order chi connectivity index (χ1) is 9.76. The third-order valence-electron chi connectivity index (χ3n) is 3.31. The molecule has 0 saturated carbocycles. The summed E-state index contributed by atoms with van der Waals surface area (Å²) in [5.74, 6) is 0.357. The van der Waals surface area contributed by atoms with Crippen molar-refractivity contribution in [1.82, 2.24) is 5.32 Å². The van der Waals surface area contributed by atoms with Crippen LogP contribution >= 0.6 is 0 Å². The van der Waals surface area contributed by atoms with Gasteiger partial charge in [-0.05, 0) is 49.4 Å². The largest absolute Gasteiger partial charge is 0.385 e. The van der Waals surface area contributed by atoms with Crippen molar-refractivity contribution in [2.45, 2.75) is 19.3 Å². The van der Waals surface area contributed by atoms with Crippen molar-refractivity contribution in [1.29, 1.82) is 0 Å². The van der Waals surface area contributed by atoms with E-state index in [2.05, 4.69) is 5.32 Å². The Morgan fingerprint density at radius 3 is 2.45 bits per heavy atom. The number of ether oxygens (including phenoxy) is 2. The minimum atomic E-state index is -0.178. The molecule has 20 heavy (non-hydrogen) atoms. The third-order valence-corrected chi connectivity index (χ3v) is 3.31. The predicted molar refractivity (Wildman–Crippen MR) is 79.4 cm³/mol. The van der Waals surface area contributed by atoms with Crippen molar-refractivity contribution < 1.29 is 13.9 Å². The molecule has 4 heteroatoms. The molecule has 1 rings (SSSR count). The molecule has 0 heterocycles. The van der Waals surface area contributed by atoms with E-state index >= 15 is 0 Å². The molecule has 1 unspecified atom stereocenters. The summed E-state index contributed by atoms with van der Waals surface area (Å²) in [4.78, 5) is 0. The number of rotatable bonds is 11. The molecular weight excluding hydrogens is 257 g/mol. The van der Waals surface area contributed by atoms with E-state index < -0.39 is 0 Å². The van der Waals surface area contributed by atoms with E-state index in [-0.39, 0.29) is 5.82 Å². The van der Waals surface area contributed by atoms with Crippen LogP contribution in [0, 0.1) is 11.7 Å². The summed E-state index contributed by atoms with van der Waals surface area (Å²) in [5.41, 5.74) is 1.18. The summed E-state index contributed by atoms with van der Waals surface area (Å²) >= 11 is 0. The number of hydrogen-bond donors (Lipinski definition) is 1. The molecule has 1 N–H and O–H groups in total. The highest BCUT2D eigenvalue weighted by molar-refractivity contribution is 5.16. The molecule has 0 aliphatic carbocycles. The maximum Gasteiger partial charge on any atom is 0.123 e. The van der Waals surface area contributed by atoms with Crippen LogP contribution in [0.25, 0.3) is 0 Å². The molecule has 0 bridgehead atoms. The lowest BCUT2D eigenvalue weighted by Gasteiger charge is -2.17. The van der Waals surface area contributed by atoms with Gasteiger partial charge in [0.25, 0.3) is 0 Å². The van der Waals surface area contributed by atoms with Crippen LogP contribution in [-0.4, -0.2) is 40.5 Å². The summed E-state index contributed by atoms with van der Waals surface area (Å²) in [6.45, 7) is 3.32. The lowest BCUT2D eigenvalue weighted by molar-refractivity contribution is 0.183.